The van der Waals surface area contributed by atoms with E-state index < -0.39 is 0 Å². The van der Waals surface area contributed by atoms with Crippen molar-refractivity contribution in [1.29, 1.82) is 0 Å². The van der Waals surface area contributed by atoms with Gasteiger partial charge in [-0.05, 0) is 35.7 Å². The van der Waals surface area contributed by atoms with Gasteiger partial charge >= 0.3 is 0 Å². The molecule has 0 spiro atoms. The van der Waals surface area contributed by atoms with Crippen LogP contribution in [0.15, 0.2) is 48.8 Å². The highest BCUT2D eigenvalue weighted by atomic mass is 16.5. The van der Waals surface area contributed by atoms with Crippen molar-refractivity contribution in [1.82, 2.24) is 9.97 Å². The summed E-state index contributed by atoms with van der Waals surface area (Å²) in [7, 11) is 3.18. The second-order valence-corrected chi connectivity index (χ2v) is 6.46. The van der Waals surface area contributed by atoms with Gasteiger partial charge in [0.2, 0.25) is 5.88 Å². The molecule has 0 aliphatic carbocycles. The van der Waals surface area contributed by atoms with Gasteiger partial charge in [0.15, 0.2) is 5.82 Å². The third-order valence-electron chi connectivity index (χ3n) is 4.27. The SMILES string of the molecule is COc1ccc(Nc2ncnc(Oc3ccc(C(C)C)cc3)c2N)c(OC)c1. The number of nitrogens with two attached hydrogens (primary N) is 1. The van der Waals surface area contributed by atoms with Crippen LogP contribution in [0.25, 0.3) is 0 Å². The van der Waals surface area contributed by atoms with Gasteiger partial charge in [0.1, 0.15) is 29.3 Å². The Morgan fingerprint density at radius 2 is 1.64 bits per heavy atom. The number of rotatable bonds is 7. The Kier molecular flexibility index (Phi) is 5.84. The maximum absolute atomic E-state index is 6.23. The van der Waals surface area contributed by atoms with Gasteiger partial charge in [0, 0.05) is 6.07 Å². The number of nitrogens with zero attached hydrogens (tertiary/aromatic N) is 2. The number of nitrogens with one attached hydrogen (secondary N) is 1. The summed E-state index contributed by atoms with van der Waals surface area (Å²) >= 11 is 0. The molecule has 0 radical (unpaired) electrons. The van der Waals surface area contributed by atoms with Crippen LogP contribution < -0.4 is 25.3 Å². The van der Waals surface area contributed by atoms with E-state index >= 15 is 0 Å². The average molecular weight is 380 g/mol. The Hall–Kier alpha value is -3.48. The molecule has 3 rings (SSSR count). The summed E-state index contributed by atoms with van der Waals surface area (Å²) in [6, 6.07) is 13.3. The lowest BCUT2D eigenvalue weighted by Crippen LogP contribution is -2.04. The molecule has 0 saturated carbocycles. The molecule has 0 fully saturated rings. The fourth-order valence-corrected chi connectivity index (χ4v) is 2.62. The number of benzene rings is 2. The largest absolute Gasteiger partial charge is 0.497 e. The second kappa shape index (κ2) is 8.47. The number of nitrogen functional groups attached to an aromatic ring is 1. The van der Waals surface area contributed by atoms with Crippen LogP contribution in [0, 0.1) is 0 Å². The zero-order valence-corrected chi connectivity index (χ0v) is 16.4. The van der Waals surface area contributed by atoms with E-state index in [1.807, 2.05) is 36.4 Å². The van der Waals surface area contributed by atoms with Gasteiger partial charge in [0.05, 0.1) is 19.9 Å². The maximum Gasteiger partial charge on any atom is 0.248 e. The van der Waals surface area contributed by atoms with Crippen LogP contribution in [-0.2, 0) is 0 Å². The Morgan fingerprint density at radius 3 is 2.29 bits per heavy atom. The predicted octanol–water partition coefficient (Wildman–Crippen LogP) is 4.74. The summed E-state index contributed by atoms with van der Waals surface area (Å²) in [6.45, 7) is 4.29. The molecule has 0 amide bonds. The highest BCUT2D eigenvalue weighted by molar-refractivity contribution is 5.75. The number of hydrogen-bond donors (Lipinski definition) is 2. The highest BCUT2D eigenvalue weighted by Gasteiger charge is 2.13. The van der Waals surface area contributed by atoms with Crippen LogP contribution in [0.3, 0.4) is 0 Å². The van der Waals surface area contributed by atoms with Crippen molar-refractivity contribution in [3.8, 4) is 23.1 Å². The first-order chi connectivity index (χ1) is 13.5. The van der Waals surface area contributed by atoms with Crippen molar-refractivity contribution in [2.75, 3.05) is 25.3 Å². The van der Waals surface area contributed by atoms with Crippen molar-refractivity contribution >= 4 is 17.2 Å². The van der Waals surface area contributed by atoms with Gasteiger partial charge in [-0.25, -0.2) is 4.98 Å². The molecule has 28 heavy (non-hydrogen) atoms. The maximum atomic E-state index is 6.23. The molecule has 1 aromatic heterocycles. The highest BCUT2D eigenvalue weighted by Crippen LogP contribution is 2.35. The molecular weight excluding hydrogens is 356 g/mol. The molecular formula is C21H24N4O3. The van der Waals surface area contributed by atoms with E-state index in [1.165, 1.54) is 11.9 Å². The Bertz CT molecular complexity index is 943. The van der Waals surface area contributed by atoms with Gasteiger partial charge in [-0.15, -0.1) is 0 Å². The van der Waals surface area contributed by atoms with Gasteiger partial charge in [-0.3, -0.25) is 0 Å². The Labute approximate surface area is 164 Å². The van der Waals surface area contributed by atoms with Crippen LogP contribution in [-0.4, -0.2) is 24.2 Å². The van der Waals surface area contributed by atoms with Crippen molar-refractivity contribution < 1.29 is 14.2 Å². The minimum absolute atomic E-state index is 0.280. The molecule has 146 valence electrons. The van der Waals surface area contributed by atoms with E-state index in [9.17, 15) is 0 Å². The third kappa shape index (κ3) is 4.25. The van der Waals surface area contributed by atoms with E-state index in [0.717, 1.165) is 0 Å². The molecule has 0 unspecified atom stereocenters. The van der Waals surface area contributed by atoms with E-state index in [2.05, 4.69) is 29.1 Å². The van der Waals surface area contributed by atoms with Gasteiger partial charge in [0.25, 0.3) is 0 Å². The standard InChI is InChI=1S/C21H24N4O3/c1-13(2)14-5-7-15(8-6-14)28-21-19(22)20(23-12-24-21)25-17-10-9-16(26-3)11-18(17)27-4/h5-13H,22H2,1-4H3,(H,23,24,25). The van der Waals surface area contributed by atoms with Gasteiger partial charge < -0.3 is 25.3 Å². The van der Waals surface area contributed by atoms with Crippen molar-refractivity contribution in [3.05, 3.63) is 54.4 Å². The molecule has 2 aromatic carbocycles. The number of aromatic nitrogens is 2. The molecule has 1 heterocycles. The number of anilines is 3. The Balaban J connectivity index is 1.83. The first-order valence-electron chi connectivity index (χ1n) is 8.89. The topological polar surface area (TPSA) is 91.5 Å². The van der Waals surface area contributed by atoms with E-state index in [0.29, 0.717) is 40.4 Å². The molecule has 0 saturated heterocycles. The average Bonchev–Trinajstić information content (AvgIpc) is 2.71. The summed E-state index contributed by atoms with van der Waals surface area (Å²) < 4.78 is 16.5. The molecule has 7 nitrogen and oxygen atoms in total. The molecule has 3 aromatic rings. The lowest BCUT2D eigenvalue weighted by molar-refractivity contribution is 0.395. The zero-order valence-electron chi connectivity index (χ0n) is 16.4. The summed E-state index contributed by atoms with van der Waals surface area (Å²) in [5, 5.41) is 3.16. The molecule has 7 heteroatoms. The first kappa shape index (κ1) is 19.3. The lowest BCUT2D eigenvalue weighted by atomic mass is 10.0. The van der Waals surface area contributed by atoms with Crippen LogP contribution in [0.1, 0.15) is 25.3 Å². The molecule has 0 bridgehead atoms. The van der Waals surface area contributed by atoms with Crippen molar-refractivity contribution in [2.24, 2.45) is 0 Å². The van der Waals surface area contributed by atoms with Crippen LogP contribution in [0.5, 0.6) is 23.1 Å². The smallest absolute Gasteiger partial charge is 0.248 e. The van der Waals surface area contributed by atoms with Crippen LogP contribution in [0.4, 0.5) is 17.2 Å². The summed E-state index contributed by atoms with van der Waals surface area (Å²) in [5.74, 6) is 3.10. The van der Waals surface area contributed by atoms with Crippen LogP contribution in [0.2, 0.25) is 0 Å². The Morgan fingerprint density at radius 1 is 0.929 bits per heavy atom. The molecule has 0 aliphatic heterocycles. The minimum atomic E-state index is 0.280. The summed E-state index contributed by atoms with van der Waals surface area (Å²) in [6.07, 6.45) is 1.40. The predicted molar refractivity (Wildman–Crippen MR) is 110 cm³/mol. The lowest BCUT2D eigenvalue weighted by Gasteiger charge is -2.14. The normalized spacial score (nSPS) is 10.6. The number of methoxy groups -OCH3 is 2. The van der Waals surface area contributed by atoms with E-state index in [-0.39, 0.29) is 5.88 Å². The van der Waals surface area contributed by atoms with Gasteiger partial charge in [-0.1, -0.05) is 26.0 Å². The second-order valence-electron chi connectivity index (χ2n) is 6.46. The molecule has 0 aliphatic rings. The quantitative estimate of drug-likeness (QED) is 0.612. The molecule has 3 N–H and O–H groups in total. The van der Waals surface area contributed by atoms with Crippen molar-refractivity contribution in [2.45, 2.75) is 19.8 Å². The number of ether oxygens (including phenoxy) is 3. The zero-order chi connectivity index (χ0) is 20.1. The van der Waals surface area contributed by atoms with Crippen LogP contribution >= 0.6 is 0 Å². The van der Waals surface area contributed by atoms with Gasteiger partial charge in [-0.2, -0.15) is 4.98 Å². The summed E-state index contributed by atoms with van der Waals surface area (Å²) in [5.41, 5.74) is 8.45. The third-order valence-corrected chi connectivity index (χ3v) is 4.27. The van der Waals surface area contributed by atoms with Crippen molar-refractivity contribution in [3.63, 3.8) is 0 Å². The fraction of sp³-hybridized carbons (Fsp3) is 0.238. The summed E-state index contributed by atoms with van der Waals surface area (Å²) in [4.78, 5) is 8.37. The monoisotopic (exact) mass is 380 g/mol. The minimum Gasteiger partial charge on any atom is -0.497 e. The van der Waals surface area contributed by atoms with E-state index in [4.69, 9.17) is 19.9 Å². The fourth-order valence-electron chi connectivity index (χ4n) is 2.62. The number of hydrogen-bond acceptors (Lipinski definition) is 7. The van der Waals surface area contributed by atoms with E-state index in [1.54, 1.807) is 20.3 Å². The molecule has 0 atom stereocenters. The first-order valence-corrected chi connectivity index (χ1v) is 8.89.